The first-order valence-corrected chi connectivity index (χ1v) is 5.67. The Bertz CT molecular complexity index is 537. The minimum Gasteiger partial charge on any atom is -0.204 e. The van der Waals surface area contributed by atoms with Crippen LogP contribution in [0.15, 0.2) is 42.5 Å². The van der Waals surface area contributed by atoms with E-state index in [2.05, 4.69) is 0 Å². The molecule has 2 rings (SSSR count). The first kappa shape index (κ1) is 12.1. The van der Waals surface area contributed by atoms with Gasteiger partial charge in [0.05, 0.1) is 5.38 Å². The molecular formula is C14H11ClF2. The zero-order valence-electron chi connectivity index (χ0n) is 9.25. The Labute approximate surface area is 104 Å². The van der Waals surface area contributed by atoms with Gasteiger partial charge in [0.1, 0.15) is 0 Å². The molecule has 0 fully saturated rings. The lowest BCUT2D eigenvalue weighted by Crippen LogP contribution is -1.96. The van der Waals surface area contributed by atoms with Gasteiger partial charge in [-0.1, -0.05) is 35.9 Å². The summed E-state index contributed by atoms with van der Waals surface area (Å²) >= 11 is 6.24. The van der Waals surface area contributed by atoms with Gasteiger partial charge in [0, 0.05) is 0 Å². The topological polar surface area (TPSA) is 0 Å². The van der Waals surface area contributed by atoms with Crippen molar-refractivity contribution in [3.05, 3.63) is 70.8 Å². The second kappa shape index (κ2) is 4.84. The third kappa shape index (κ3) is 2.64. The maximum atomic E-state index is 13.1. The summed E-state index contributed by atoms with van der Waals surface area (Å²) in [6.45, 7) is 1.96. The highest BCUT2D eigenvalue weighted by molar-refractivity contribution is 6.22. The molecule has 1 unspecified atom stereocenters. The summed E-state index contributed by atoms with van der Waals surface area (Å²) in [5, 5.41) is -0.468. The molecule has 0 saturated heterocycles. The Balaban J connectivity index is 2.36. The first-order chi connectivity index (χ1) is 8.08. The van der Waals surface area contributed by atoms with Crippen LogP contribution in [-0.2, 0) is 0 Å². The molecule has 0 aliphatic heterocycles. The molecule has 0 aromatic heterocycles. The van der Waals surface area contributed by atoms with Crippen LogP contribution in [0, 0.1) is 18.6 Å². The van der Waals surface area contributed by atoms with Crippen LogP contribution in [0.4, 0.5) is 8.78 Å². The highest BCUT2D eigenvalue weighted by Gasteiger charge is 2.13. The largest absolute Gasteiger partial charge is 0.204 e. The monoisotopic (exact) mass is 252 g/mol. The van der Waals surface area contributed by atoms with Crippen molar-refractivity contribution in [1.29, 1.82) is 0 Å². The van der Waals surface area contributed by atoms with Gasteiger partial charge in [0.2, 0.25) is 0 Å². The van der Waals surface area contributed by atoms with E-state index < -0.39 is 17.0 Å². The van der Waals surface area contributed by atoms with E-state index >= 15 is 0 Å². The third-order valence-electron chi connectivity index (χ3n) is 2.57. The average molecular weight is 253 g/mol. The quantitative estimate of drug-likeness (QED) is 0.685. The minimum absolute atomic E-state index is 0.468. The minimum atomic E-state index is -0.874. The van der Waals surface area contributed by atoms with Gasteiger partial charge in [-0.25, -0.2) is 8.78 Å². The first-order valence-electron chi connectivity index (χ1n) is 5.23. The van der Waals surface area contributed by atoms with E-state index in [1.807, 2.05) is 31.2 Å². The lowest BCUT2D eigenvalue weighted by molar-refractivity contribution is 0.507. The van der Waals surface area contributed by atoms with Crippen LogP contribution in [0.5, 0.6) is 0 Å². The smallest absolute Gasteiger partial charge is 0.159 e. The highest BCUT2D eigenvalue weighted by atomic mass is 35.5. The normalized spacial score (nSPS) is 12.5. The van der Waals surface area contributed by atoms with Gasteiger partial charge >= 0.3 is 0 Å². The molecule has 0 saturated carbocycles. The summed E-state index contributed by atoms with van der Waals surface area (Å²) in [4.78, 5) is 0. The summed E-state index contributed by atoms with van der Waals surface area (Å²) in [7, 11) is 0. The second-order valence-electron chi connectivity index (χ2n) is 3.95. The molecule has 0 aliphatic rings. The second-order valence-corrected chi connectivity index (χ2v) is 4.39. The lowest BCUT2D eigenvalue weighted by Gasteiger charge is -2.11. The molecule has 2 aromatic carbocycles. The highest BCUT2D eigenvalue weighted by Crippen LogP contribution is 2.29. The van der Waals surface area contributed by atoms with Crippen molar-refractivity contribution in [2.24, 2.45) is 0 Å². The van der Waals surface area contributed by atoms with Crippen molar-refractivity contribution in [2.75, 3.05) is 0 Å². The average Bonchev–Trinajstić information content (AvgIpc) is 2.32. The number of aryl methyl sites for hydroxylation is 1. The third-order valence-corrected chi connectivity index (χ3v) is 3.08. The fraction of sp³-hybridized carbons (Fsp3) is 0.143. The summed E-state index contributed by atoms with van der Waals surface area (Å²) in [6.07, 6.45) is 0. The molecule has 0 N–H and O–H groups in total. The molecule has 3 heteroatoms. The van der Waals surface area contributed by atoms with Crippen molar-refractivity contribution >= 4 is 11.6 Å². The molecule has 1 atom stereocenters. The zero-order valence-corrected chi connectivity index (χ0v) is 10.0. The predicted octanol–water partition coefficient (Wildman–Crippen LogP) is 4.60. The number of benzene rings is 2. The molecule has 0 spiro atoms. The summed E-state index contributed by atoms with van der Waals surface area (Å²) in [5.74, 6) is -1.73. The predicted molar refractivity (Wildman–Crippen MR) is 65.2 cm³/mol. The van der Waals surface area contributed by atoms with Crippen molar-refractivity contribution in [3.8, 4) is 0 Å². The number of hydrogen-bond acceptors (Lipinski definition) is 0. The molecule has 2 aromatic rings. The van der Waals surface area contributed by atoms with Gasteiger partial charge < -0.3 is 0 Å². The Morgan fingerprint density at radius 3 is 2.29 bits per heavy atom. The van der Waals surface area contributed by atoms with Gasteiger partial charge in [-0.05, 0) is 30.2 Å². The number of halogens is 3. The fourth-order valence-electron chi connectivity index (χ4n) is 1.69. The Hall–Kier alpha value is -1.41. The van der Waals surface area contributed by atoms with Crippen molar-refractivity contribution in [2.45, 2.75) is 12.3 Å². The summed E-state index contributed by atoms with van der Waals surface area (Å²) < 4.78 is 25.9. The lowest BCUT2D eigenvalue weighted by atomic mass is 10.0. The molecule has 0 aliphatic carbocycles. The molecule has 0 bridgehead atoms. The molecular weight excluding hydrogens is 242 g/mol. The SMILES string of the molecule is Cc1cccc(C(Cl)c2ccc(F)c(F)c2)c1. The van der Waals surface area contributed by atoms with Gasteiger partial charge in [0.25, 0.3) is 0 Å². The van der Waals surface area contributed by atoms with Gasteiger partial charge in [-0.15, -0.1) is 11.6 Å². The maximum absolute atomic E-state index is 13.1. The van der Waals surface area contributed by atoms with Crippen LogP contribution >= 0.6 is 11.6 Å². The molecule has 17 heavy (non-hydrogen) atoms. The molecule has 0 radical (unpaired) electrons. The molecule has 88 valence electrons. The molecule has 0 nitrogen and oxygen atoms in total. The van der Waals surface area contributed by atoms with Crippen LogP contribution in [-0.4, -0.2) is 0 Å². The number of alkyl halides is 1. The Morgan fingerprint density at radius 2 is 1.65 bits per heavy atom. The van der Waals surface area contributed by atoms with Crippen LogP contribution in [0.3, 0.4) is 0 Å². The number of rotatable bonds is 2. The Kier molecular flexibility index (Phi) is 3.43. The number of hydrogen-bond donors (Lipinski definition) is 0. The van der Waals surface area contributed by atoms with E-state index in [0.29, 0.717) is 5.56 Å². The maximum Gasteiger partial charge on any atom is 0.159 e. The fourth-order valence-corrected chi connectivity index (χ4v) is 1.96. The van der Waals surface area contributed by atoms with E-state index in [0.717, 1.165) is 23.3 Å². The van der Waals surface area contributed by atoms with E-state index in [1.165, 1.54) is 6.07 Å². The van der Waals surface area contributed by atoms with E-state index in [9.17, 15) is 8.78 Å². The Morgan fingerprint density at radius 1 is 0.941 bits per heavy atom. The van der Waals surface area contributed by atoms with Crippen LogP contribution < -0.4 is 0 Å². The van der Waals surface area contributed by atoms with Crippen LogP contribution in [0.2, 0.25) is 0 Å². The molecule has 0 heterocycles. The van der Waals surface area contributed by atoms with Gasteiger partial charge in [0.15, 0.2) is 11.6 Å². The van der Waals surface area contributed by atoms with E-state index in [4.69, 9.17) is 11.6 Å². The van der Waals surface area contributed by atoms with Crippen molar-refractivity contribution in [3.63, 3.8) is 0 Å². The van der Waals surface area contributed by atoms with Crippen molar-refractivity contribution in [1.82, 2.24) is 0 Å². The van der Waals surface area contributed by atoms with E-state index in [-0.39, 0.29) is 0 Å². The van der Waals surface area contributed by atoms with Crippen LogP contribution in [0.25, 0.3) is 0 Å². The molecule has 0 amide bonds. The summed E-state index contributed by atoms with van der Waals surface area (Å²) in [6, 6.07) is 11.4. The van der Waals surface area contributed by atoms with Crippen molar-refractivity contribution < 1.29 is 8.78 Å². The summed E-state index contributed by atoms with van der Waals surface area (Å²) in [5.41, 5.74) is 2.50. The standard InChI is InChI=1S/C14H11ClF2/c1-9-3-2-4-10(7-9)14(15)11-5-6-12(16)13(17)8-11/h2-8,14H,1H3. The van der Waals surface area contributed by atoms with Gasteiger partial charge in [-0.3, -0.25) is 0 Å². The van der Waals surface area contributed by atoms with Gasteiger partial charge in [-0.2, -0.15) is 0 Å². The van der Waals surface area contributed by atoms with E-state index in [1.54, 1.807) is 0 Å². The zero-order chi connectivity index (χ0) is 12.4. The van der Waals surface area contributed by atoms with Crippen LogP contribution in [0.1, 0.15) is 22.1 Å².